The van der Waals surface area contributed by atoms with E-state index in [2.05, 4.69) is 24.3 Å². The van der Waals surface area contributed by atoms with Gasteiger partial charge in [0.25, 0.3) is 5.56 Å². The summed E-state index contributed by atoms with van der Waals surface area (Å²) < 4.78 is 3.42. The summed E-state index contributed by atoms with van der Waals surface area (Å²) >= 11 is 0. The standard InChI is InChI=1S/C14H22N4O/c1-4-5-15-9-11(2)10-17-6-7-18-13(14(17)19)8-12(3)16-18/h6-8,11,15H,4-5,9-10H2,1-3H3. The summed E-state index contributed by atoms with van der Waals surface area (Å²) in [6, 6.07) is 1.83. The van der Waals surface area contributed by atoms with Crippen LogP contribution in [-0.4, -0.2) is 27.3 Å². The van der Waals surface area contributed by atoms with Crippen molar-refractivity contribution in [2.45, 2.75) is 33.7 Å². The first kappa shape index (κ1) is 13.8. The van der Waals surface area contributed by atoms with Crippen LogP contribution in [0.1, 0.15) is 26.0 Å². The second-order valence-electron chi connectivity index (χ2n) is 5.18. The topological polar surface area (TPSA) is 51.3 Å². The van der Waals surface area contributed by atoms with Crippen molar-refractivity contribution in [2.24, 2.45) is 5.92 Å². The first-order valence-corrected chi connectivity index (χ1v) is 6.88. The summed E-state index contributed by atoms with van der Waals surface area (Å²) in [6.07, 6.45) is 4.79. The first-order valence-electron chi connectivity index (χ1n) is 6.88. The maximum Gasteiger partial charge on any atom is 0.276 e. The molecule has 2 aromatic heterocycles. The van der Waals surface area contributed by atoms with E-state index in [1.165, 1.54) is 0 Å². The highest BCUT2D eigenvalue weighted by atomic mass is 16.1. The molecule has 1 atom stereocenters. The average molecular weight is 262 g/mol. The summed E-state index contributed by atoms with van der Waals surface area (Å²) in [5.41, 5.74) is 1.55. The minimum Gasteiger partial charge on any atom is -0.316 e. The second-order valence-corrected chi connectivity index (χ2v) is 5.18. The van der Waals surface area contributed by atoms with E-state index in [1.807, 2.05) is 25.4 Å². The molecule has 0 fully saturated rings. The Morgan fingerprint density at radius 1 is 1.42 bits per heavy atom. The quantitative estimate of drug-likeness (QED) is 0.801. The molecule has 2 heterocycles. The zero-order valence-electron chi connectivity index (χ0n) is 11.9. The highest BCUT2D eigenvalue weighted by Gasteiger charge is 2.08. The summed E-state index contributed by atoms with van der Waals surface area (Å²) in [5.74, 6) is 0.427. The lowest BCUT2D eigenvalue weighted by Gasteiger charge is -2.14. The molecule has 0 aromatic carbocycles. The number of hydrogen-bond donors (Lipinski definition) is 1. The molecule has 0 spiro atoms. The molecule has 0 aliphatic carbocycles. The van der Waals surface area contributed by atoms with Gasteiger partial charge in [-0.1, -0.05) is 13.8 Å². The van der Waals surface area contributed by atoms with Gasteiger partial charge in [-0.3, -0.25) is 4.79 Å². The molecule has 5 nitrogen and oxygen atoms in total. The lowest BCUT2D eigenvalue weighted by atomic mass is 10.2. The van der Waals surface area contributed by atoms with Crippen molar-refractivity contribution in [1.82, 2.24) is 19.5 Å². The maximum atomic E-state index is 12.3. The molecule has 0 amide bonds. The predicted octanol–water partition coefficient (Wildman–Crippen LogP) is 1.44. The molecule has 0 radical (unpaired) electrons. The van der Waals surface area contributed by atoms with Gasteiger partial charge in [0.05, 0.1) is 5.69 Å². The van der Waals surface area contributed by atoms with Gasteiger partial charge in [0.15, 0.2) is 0 Å². The third-order valence-corrected chi connectivity index (χ3v) is 3.15. The number of hydrogen-bond acceptors (Lipinski definition) is 3. The van der Waals surface area contributed by atoms with Gasteiger partial charge in [0.1, 0.15) is 5.52 Å². The highest BCUT2D eigenvalue weighted by molar-refractivity contribution is 5.44. The van der Waals surface area contributed by atoms with Crippen LogP contribution in [0, 0.1) is 12.8 Å². The minimum absolute atomic E-state index is 0.0328. The molecular formula is C14H22N4O. The largest absolute Gasteiger partial charge is 0.316 e. The summed E-state index contributed by atoms with van der Waals surface area (Å²) in [4.78, 5) is 12.3. The van der Waals surface area contributed by atoms with Crippen LogP contribution in [0.5, 0.6) is 0 Å². The van der Waals surface area contributed by atoms with Crippen molar-refractivity contribution in [3.8, 4) is 0 Å². The SMILES string of the molecule is CCCNCC(C)Cn1ccn2nc(C)cc2c1=O. The predicted molar refractivity (Wildman–Crippen MR) is 76.5 cm³/mol. The van der Waals surface area contributed by atoms with Gasteiger partial charge < -0.3 is 9.88 Å². The Morgan fingerprint density at radius 3 is 2.95 bits per heavy atom. The van der Waals surface area contributed by atoms with Gasteiger partial charge in [-0.05, 0) is 38.4 Å². The fraction of sp³-hybridized carbons (Fsp3) is 0.571. The third kappa shape index (κ3) is 3.23. The molecule has 5 heteroatoms. The van der Waals surface area contributed by atoms with E-state index in [1.54, 1.807) is 9.08 Å². The zero-order valence-corrected chi connectivity index (χ0v) is 11.9. The molecule has 0 bridgehead atoms. The number of fused-ring (bicyclic) bond motifs is 1. The Labute approximate surface area is 113 Å². The highest BCUT2D eigenvalue weighted by Crippen LogP contribution is 2.02. The summed E-state index contributed by atoms with van der Waals surface area (Å²) in [6.45, 7) is 8.90. The Bertz CT molecular complexity index is 599. The van der Waals surface area contributed by atoms with Crippen LogP contribution < -0.4 is 10.9 Å². The van der Waals surface area contributed by atoms with Crippen molar-refractivity contribution in [3.63, 3.8) is 0 Å². The van der Waals surface area contributed by atoms with Gasteiger partial charge in [-0.25, -0.2) is 4.52 Å². The Balaban J connectivity index is 2.12. The van der Waals surface area contributed by atoms with Gasteiger partial charge in [0.2, 0.25) is 0 Å². The van der Waals surface area contributed by atoms with E-state index in [4.69, 9.17) is 0 Å². The van der Waals surface area contributed by atoms with E-state index in [-0.39, 0.29) is 5.56 Å². The number of nitrogens with zero attached hydrogens (tertiary/aromatic N) is 3. The fourth-order valence-electron chi connectivity index (χ4n) is 2.22. The van der Waals surface area contributed by atoms with Gasteiger partial charge >= 0.3 is 0 Å². The molecule has 1 N–H and O–H groups in total. The number of rotatable bonds is 6. The molecule has 19 heavy (non-hydrogen) atoms. The molecule has 2 aromatic rings. The van der Waals surface area contributed by atoms with Gasteiger partial charge in [0, 0.05) is 18.9 Å². The van der Waals surface area contributed by atoms with Crippen LogP contribution in [0.25, 0.3) is 5.52 Å². The molecule has 0 aliphatic rings. The molecule has 0 saturated carbocycles. The van der Waals surface area contributed by atoms with Gasteiger partial charge in [-0.15, -0.1) is 0 Å². The van der Waals surface area contributed by atoms with Crippen molar-refractivity contribution in [1.29, 1.82) is 0 Å². The smallest absolute Gasteiger partial charge is 0.276 e. The van der Waals surface area contributed by atoms with Crippen LogP contribution in [0.15, 0.2) is 23.3 Å². The Morgan fingerprint density at radius 2 is 2.21 bits per heavy atom. The zero-order chi connectivity index (χ0) is 13.8. The fourth-order valence-corrected chi connectivity index (χ4v) is 2.22. The van der Waals surface area contributed by atoms with Crippen LogP contribution in [0.2, 0.25) is 0 Å². The van der Waals surface area contributed by atoms with Crippen LogP contribution in [0.3, 0.4) is 0 Å². The molecule has 2 rings (SSSR count). The molecule has 104 valence electrons. The third-order valence-electron chi connectivity index (χ3n) is 3.15. The Hall–Kier alpha value is -1.62. The minimum atomic E-state index is 0.0328. The number of aromatic nitrogens is 3. The molecule has 0 saturated heterocycles. The second kappa shape index (κ2) is 6.02. The van der Waals surface area contributed by atoms with Crippen molar-refractivity contribution in [3.05, 3.63) is 34.5 Å². The van der Waals surface area contributed by atoms with Crippen LogP contribution in [-0.2, 0) is 6.54 Å². The molecule has 1 unspecified atom stereocenters. The number of aryl methyl sites for hydroxylation is 1. The van der Waals surface area contributed by atoms with Crippen LogP contribution >= 0.6 is 0 Å². The van der Waals surface area contributed by atoms with Gasteiger partial charge in [-0.2, -0.15) is 5.10 Å². The average Bonchev–Trinajstić information content (AvgIpc) is 2.75. The monoisotopic (exact) mass is 262 g/mol. The van der Waals surface area contributed by atoms with Crippen LogP contribution in [0.4, 0.5) is 0 Å². The lowest BCUT2D eigenvalue weighted by Crippen LogP contribution is -2.29. The van der Waals surface area contributed by atoms with Crippen molar-refractivity contribution in [2.75, 3.05) is 13.1 Å². The van der Waals surface area contributed by atoms with E-state index in [9.17, 15) is 4.79 Å². The number of nitrogens with one attached hydrogen (secondary N) is 1. The lowest BCUT2D eigenvalue weighted by molar-refractivity contribution is 0.439. The van der Waals surface area contributed by atoms with E-state index in [0.29, 0.717) is 11.4 Å². The normalized spacial score (nSPS) is 13.0. The molecular weight excluding hydrogens is 240 g/mol. The molecule has 0 aliphatic heterocycles. The summed E-state index contributed by atoms with van der Waals surface area (Å²) in [7, 11) is 0. The van der Waals surface area contributed by atoms with Crippen molar-refractivity contribution >= 4 is 5.52 Å². The van der Waals surface area contributed by atoms with Crippen molar-refractivity contribution < 1.29 is 0 Å². The first-order chi connectivity index (χ1) is 9.11. The van der Waals surface area contributed by atoms with E-state index in [0.717, 1.165) is 31.7 Å². The van der Waals surface area contributed by atoms with E-state index < -0.39 is 0 Å². The van der Waals surface area contributed by atoms with E-state index >= 15 is 0 Å². The summed E-state index contributed by atoms with van der Waals surface area (Å²) in [5, 5.41) is 7.63. The Kier molecular flexibility index (Phi) is 4.37. The maximum absolute atomic E-state index is 12.3.